The van der Waals surface area contributed by atoms with E-state index in [1.165, 1.54) is 10.9 Å². The van der Waals surface area contributed by atoms with Crippen molar-refractivity contribution >= 4 is 11.3 Å². The van der Waals surface area contributed by atoms with E-state index in [0.717, 1.165) is 29.1 Å². The second-order valence-corrected chi connectivity index (χ2v) is 5.13. The van der Waals surface area contributed by atoms with Crippen molar-refractivity contribution in [1.29, 1.82) is 0 Å². The number of nitrogens with one attached hydrogen (secondary N) is 1. The average Bonchev–Trinajstić information content (AvgIpc) is 2.78. The topological polar surface area (TPSA) is 12.0 Å². The fourth-order valence-corrected chi connectivity index (χ4v) is 2.80. The summed E-state index contributed by atoms with van der Waals surface area (Å²) in [6.45, 7) is 5.77. The van der Waals surface area contributed by atoms with Crippen LogP contribution in [-0.2, 0) is 6.54 Å². The van der Waals surface area contributed by atoms with E-state index in [-0.39, 0.29) is 5.82 Å². The Morgan fingerprint density at radius 1 is 1.24 bits per heavy atom. The Labute approximate surface area is 105 Å². The molecule has 0 amide bonds. The van der Waals surface area contributed by atoms with Crippen molar-refractivity contribution < 1.29 is 4.39 Å². The molecule has 1 heterocycles. The van der Waals surface area contributed by atoms with Crippen LogP contribution in [0.1, 0.15) is 17.4 Å². The molecular weight excluding hydrogens is 233 g/mol. The number of rotatable bonds is 4. The summed E-state index contributed by atoms with van der Waals surface area (Å²) >= 11 is 1.72. The smallest absolute Gasteiger partial charge is 0.126 e. The summed E-state index contributed by atoms with van der Waals surface area (Å²) in [5.41, 5.74) is 1.72. The lowest BCUT2D eigenvalue weighted by Gasteiger charge is -2.03. The predicted molar refractivity (Wildman–Crippen MR) is 71.8 cm³/mol. The molecule has 0 unspecified atom stereocenters. The molecule has 90 valence electrons. The van der Waals surface area contributed by atoms with Crippen molar-refractivity contribution in [3.63, 3.8) is 0 Å². The van der Waals surface area contributed by atoms with Gasteiger partial charge in [0.1, 0.15) is 5.82 Å². The van der Waals surface area contributed by atoms with Crippen LogP contribution in [0.15, 0.2) is 30.3 Å². The summed E-state index contributed by atoms with van der Waals surface area (Å²) in [4.78, 5) is 2.42. The number of halogens is 1. The minimum atomic E-state index is -0.135. The Hall–Kier alpha value is -1.19. The minimum absolute atomic E-state index is 0.135. The lowest BCUT2D eigenvalue weighted by atomic mass is 10.1. The van der Waals surface area contributed by atoms with Gasteiger partial charge >= 0.3 is 0 Å². The molecule has 0 radical (unpaired) electrons. The summed E-state index contributed by atoms with van der Waals surface area (Å²) in [5, 5.41) is 3.29. The zero-order valence-corrected chi connectivity index (χ0v) is 10.9. The van der Waals surface area contributed by atoms with Crippen LogP contribution in [0.5, 0.6) is 0 Å². The second kappa shape index (κ2) is 5.43. The molecule has 1 aromatic carbocycles. The van der Waals surface area contributed by atoms with Gasteiger partial charge in [0.15, 0.2) is 0 Å². The van der Waals surface area contributed by atoms with E-state index in [0.29, 0.717) is 0 Å². The molecule has 0 atom stereocenters. The SMILES string of the molecule is CCNCc1ccc(-c2cccc(F)c2C)s1. The van der Waals surface area contributed by atoms with Crippen LogP contribution in [0.2, 0.25) is 0 Å². The summed E-state index contributed by atoms with van der Waals surface area (Å²) in [5.74, 6) is -0.135. The molecule has 3 heteroatoms. The molecule has 0 saturated heterocycles. The van der Waals surface area contributed by atoms with E-state index in [1.807, 2.05) is 13.0 Å². The zero-order valence-electron chi connectivity index (χ0n) is 10.1. The van der Waals surface area contributed by atoms with Crippen LogP contribution < -0.4 is 5.32 Å². The molecule has 0 aliphatic heterocycles. The van der Waals surface area contributed by atoms with Gasteiger partial charge in [-0.3, -0.25) is 0 Å². The van der Waals surface area contributed by atoms with Gasteiger partial charge in [-0.25, -0.2) is 4.39 Å². The highest BCUT2D eigenvalue weighted by atomic mass is 32.1. The van der Waals surface area contributed by atoms with Crippen LogP contribution in [-0.4, -0.2) is 6.54 Å². The molecular formula is C14H16FNS. The fraction of sp³-hybridized carbons (Fsp3) is 0.286. The lowest BCUT2D eigenvalue weighted by molar-refractivity contribution is 0.619. The van der Waals surface area contributed by atoms with Gasteiger partial charge < -0.3 is 5.32 Å². The standard InChI is InChI=1S/C14H16FNS/c1-3-16-9-11-7-8-14(17-11)12-5-4-6-13(15)10(12)2/h4-8,16H,3,9H2,1-2H3. The van der Waals surface area contributed by atoms with E-state index < -0.39 is 0 Å². The maximum atomic E-state index is 13.5. The zero-order chi connectivity index (χ0) is 12.3. The van der Waals surface area contributed by atoms with Gasteiger partial charge in [0.25, 0.3) is 0 Å². The Balaban J connectivity index is 2.27. The molecule has 1 aromatic heterocycles. The number of hydrogen-bond acceptors (Lipinski definition) is 2. The van der Waals surface area contributed by atoms with Crippen molar-refractivity contribution in [1.82, 2.24) is 5.32 Å². The molecule has 0 aliphatic rings. The normalized spacial score (nSPS) is 10.8. The highest BCUT2D eigenvalue weighted by molar-refractivity contribution is 7.15. The summed E-state index contributed by atoms with van der Waals surface area (Å²) in [7, 11) is 0. The molecule has 1 N–H and O–H groups in total. The Bertz CT molecular complexity index is 505. The van der Waals surface area contributed by atoms with Crippen molar-refractivity contribution in [3.05, 3.63) is 46.6 Å². The molecule has 0 spiro atoms. The number of benzene rings is 1. The van der Waals surface area contributed by atoms with E-state index in [9.17, 15) is 4.39 Å². The Morgan fingerprint density at radius 3 is 2.82 bits per heavy atom. The van der Waals surface area contributed by atoms with E-state index in [2.05, 4.69) is 24.4 Å². The molecule has 2 rings (SSSR count). The average molecular weight is 249 g/mol. The summed E-state index contributed by atoms with van der Waals surface area (Å²) < 4.78 is 13.5. The van der Waals surface area contributed by atoms with Crippen LogP contribution in [0.25, 0.3) is 10.4 Å². The van der Waals surface area contributed by atoms with E-state index >= 15 is 0 Å². The van der Waals surface area contributed by atoms with Gasteiger partial charge in [-0.05, 0) is 42.8 Å². The number of thiophene rings is 1. The van der Waals surface area contributed by atoms with Crippen molar-refractivity contribution in [2.24, 2.45) is 0 Å². The van der Waals surface area contributed by atoms with Gasteiger partial charge in [-0.1, -0.05) is 19.1 Å². The third-order valence-corrected chi connectivity index (χ3v) is 3.86. The first kappa shape index (κ1) is 12.3. The molecule has 2 aromatic rings. The predicted octanol–water partition coefficient (Wildman–Crippen LogP) is 3.97. The molecule has 0 bridgehead atoms. The molecule has 0 saturated carbocycles. The number of hydrogen-bond donors (Lipinski definition) is 1. The summed E-state index contributed by atoms with van der Waals surface area (Å²) in [6, 6.07) is 9.42. The molecule has 17 heavy (non-hydrogen) atoms. The Morgan fingerprint density at radius 2 is 2.06 bits per heavy atom. The minimum Gasteiger partial charge on any atom is -0.312 e. The highest BCUT2D eigenvalue weighted by Gasteiger charge is 2.08. The second-order valence-electron chi connectivity index (χ2n) is 3.96. The van der Waals surface area contributed by atoms with Crippen molar-refractivity contribution in [3.8, 4) is 10.4 Å². The third-order valence-electron chi connectivity index (χ3n) is 2.74. The maximum absolute atomic E-state index is 13.5. The van der Waals surface area contributed by atoms with Crippen LogP contribution in [0, 0.1) is 12.7 Å². The maximum Gasteiger partial charge on any atom is 0.126 e. The van der Waals surface area contributed by atoms with Crippen molar-refractivity contribution in [2.45, 2.75) is 20.4 Å². The van der Waals surface area contributed by atoms with E-state index in [4.69, 9.17) is 0 Å². The van der Waals surface area contributed by atoms with Crippen LogP contribution >= 0.6 is 11.3 Å². The first-order valence-electron chi connectivity index (χ1n) is 5.77. The Kier molecular flexibility index (Phi) is 3.92. The first-order chi connectivity index (χ1) is 8.22. The molecule has 0 fully saturated rings. The summed E-state index contributed by atoms with van der Waals surface area (Å²) in [6.07, 6.45) is 0. The van der Waals surface area contributed by atoms with Gasteiger partial charge in [0.05, 0.1) is 0 Å². The quantitative estimate of drug-likeness (QED) is 0.864. The molecule has 1 nitrogen and oxygen atoms in total. The fourth-order valence-electron chi connectivity index (χ4n) is 1.74. The first-order valence-corrected chi connectivity index (χ1v) is 6.59. The monoisotopic (exact) mass is 249 g/mol. The molecule has 0 aliphatic carbocycles. The van der Waals surface area contributed by atoms with Gasteiger partial charge in [-0.2, -0.15) is 0 Å². The van der Waals surface area contributed by atoms with Crippen LogP contribution in [0.4, 0.5) is 4.39 Å². The highest BCUT2D eigenvalue weighted by Crippen LogP contribution is 2.31. The van der Waals surface area contributed by atoms with Crippen molar-refractivity contribution in [2.75, 3.05) is 6.54 Å². The third kappa shape index (κ3) is 2.73. The van der Waals surface area contributed by atoms with Gasteiger partial charge in [0, 0.05) is 16.3 Å². The largest absolute Gasteiger partial charge is 0.312 e. The lowest BCUT2D eigenvalue weighted by Crippen LogP contribution is -2.10. The van der Waals surface area contributed by atoms with Gasteiger partial charge in [-0.15, -0.1) is 11.3 Å². The van der Waals surface area contributed by atoms with Crippen LogP contribution in [0.3, 0.4) is 0 Å². The van der Waals surface area contributed by atoms with Gasteiger partial charge in [0.2, 0.25) is 0 Å². The van der Waals surface area contributed by atoms with E-state index in [1.54, 1.807) is 17.4 Å².